The third kappa shape index (κ3) is 2.39. The summed E-state index contributed by atoms with van der Waals surface area (Å²) < 4.78 is 2.12. The highest BCUT2D eigenvalue weighted by molar-refractivity contribution is 5.92. The van der Waals surface area contributed by atoms with Gasteiger partial charge >= 0.3 is 0 Å². The highest BCUT2D eigenvalue weighted by Crippen LogP contribution is 2.66. The molecule has 1 aromatic heterocycles. The summed E-state index contributed by atoms with van der Waals surface area (Å²) in [5, 5.41) is 16.4. The first-order valence-corrected chi connectivity index (χ1v) is 11.9. The van der Waals surface area contributed by atoms with E-state index in [-0.39, 0.29) is 11.5 Å². The first-order valence-electron chi connectivity index (χ1n) is 11.9. The molecule has 6 rings (SSSR count). The average Bonchev–Trinajstić information content (AvgIpc) is 3.24. The Morgan fingerprint density at radius 3 is 2.67 bits per heavy atom. The van der Waals surface area contributed by atoms with E-state index in [2.05, 4.69) is 62.0 Å². The van der Waals surface area contributed by atoms with Gasteiger partial charge in [0.1, 0.15) is 0 Å². The van der Waals surface area contributed by atoms with Crippen LogP contribution in [-0.4, -0.2) is 21.0 Å². The number of fused-ring (bicyclic) bond motifs is 6. The maximum absolute atomic E-state index is 10.2. The van der Waals surface area contributed by atoms with E-state index in [0.717, 1.165) is 42.5 Å². The molecule has 0 amide bonds. The Morgan fingerprint density at radius 1 is 1.00 bits per heavy atom. The smallest absolute Gasteiger partial charge is 0.0929 e. The first-order chi connectivity index (χ1) is 14.4. The Bertz CT molecular complexity index is 1080. The van der Waals surface area contributed by atoms with Gasteiger partial charge in [-0.25, -0.2) is 0 Å². The number of aliphatic hydroxyl groups is 1. The van der Waals surface area contributed by atoms with E-state index < -0.39 is 0 Å². The van der Waals surface area contributed by atoms with Crippen molar-refractivity contribution in [2.75, 3.05) is 0 Å². The predicted molar refractivity (Wildman–Crippen MR) is 122 cm³/mol. The Hall–Kier alpha value is -1.87. The van der Waals surface area contributed by atoms with Crippen LogP contribution in [0.1, 0.15) is 64.5 Å². The molecular formula is C27H34N2O. The summed E-state index contributed by atoms with van der Waals surface area (Å²) in [6.45, 7) is 5.06. The van der Waals surface area contributed by atoms with Gasteiger partial charge in [0, 0.05) is 12.4 Å². The van der Waals surface area contributed by atoms with Crippen molar-refractivity contribution in [2.45, 2.75) is 64.9 Å². The molecule has 4 aliphatic rings. The van der Waals surface area contributed by atoms with Gasteiger partial charge in [0.25, 0.3) is 0 Å². The van der Waals surface area contributed by atoms with Gasteiger partial charge in [-0.3, -0.25) is 4.68 Å². The lowest BCUT2D eigenvalue weighted by Gasteiger charge is -2.57. The van der Waals surface area contributed by atoms with Crippen LogP contribution in [0.25, 0.3) is 16.5 Å². The van der Waals surface area contributed by atoms with Crippen LogP contribution in [0.15, 0.2) is 42.0 Å². The molecule has 2 fully saturated rings. The molecule has 4 unspecified atom stereocenters. The predicted octanol–water partition coefficient (Wildman–Crippen LogP) is 5.89. The first kappa shape index (κ1) is 18.9. The zero-order valence-electron chi connectivity index (χ0n) is 18.6. The molecule has 0 bridgehead atoms. The third-order valence-corrected chi connectivity index (χ3v) is 9.65. The molecule has 0 saturated heterocycles. The van der Waals surface area contributed by atoms with Crippen molar-refractivity contribution in [3.63, 3.8) is 0 Å². The standard InChI is InChI=1S/C27H34N2O/c1-26-14-12-18(30)16-17(26)8-9-19-21-10-11-23(27(21,2)15-13-22(19)26)25-20-6-4-5-7-24(20)28-29(25)3/h4-8,11,18-19,21-22,30H,9-10,12-16H2,1-3H3/t18-,19?,21?,22?,26?,27-/m0/s1. The number of aryl methyl sites for hydroxylation is 1. The number of aliphatic hydroxyl groups excluding tert-OH is 1. The molecule has 1 heterocycles. The number of hydrogen-bond acceptors (Lipinski definition) is 2. The SMILES string of the molecule is Cn1nc2ccccc2c1C1=CCC2C3CC=C4C[C@@H](O)CCC4(C)C3CC[C@]12C. The molecule has 3 heteroatoms. The number of nitrogens with zero attached hydrogens (tertiary/aromatic N) is 2. The van der Waals surface area contributed by atoms with Crippen LogP contribution >= 0.6 is 0 Å². The van der Waals surface area contributed by atoms with E-state index in [1.807, 2.05) is 0 Å². The van der Waals surface area contributed by atoms with Crippen LogP contribution in [0, 0.1) is 28.6 Å². The fourth-order valence-corrected chi connectivity index (χ4v) is 8.04. The Kier molecular flexibility index (Phi) is 3.98. The minimum Gasteiger partial charge on any atom is -0.393 e. The second-order valence-electron chi connectivity index (χ2n) is 11.0. The highest BCUT2D eigenvalue weighted by Gasteiger charge is 2.57. The van der Waals surface area contributed by atoms with Crippen molar-refractivity contribution >= 4 is 16.5 Å². The van der Waals surface area contributed by atoms with Crippen molar-refractivity contribution in [3.05, 3.63) is 47.7 Å². The number of hydrogen-bond donors (Lipinski definition) is 1. The van der Waals surface area contributed by atoms with E-state index in [9.17, 15) is 5.11 Å². The summed E-state index contributed by atoms with van der Waals surface area (Å²) >= 11 is 0. The fraction of sp³-hybridized carbons (Fsp3) is 0.593. The molecule has 1 aromatic carbocycles. The zero-order chi connectivity index (χ0) is 20.7. The van der Waals surface area contributed by atoms with E-state index >= 15 is 0 Å². The van der Waals surface area contributed by atoms with Crippen molar-refractivity contribution in [1.29, 1.82) is 0 Å². The lowest BCUT2D eigenvalue weighted by molar-refractivity contribution is -0.0239. The summed E-state index contributed by atoms with van der Waals surface area (Å²) in [4.78, 5) is 0. The molecule has 2 saturated carbocycles. The largest absolute Gasteiger partial charge is 0.393 e. The van der Waals surface area contributed by atoms with Gasteiger partial charge in [0.15, 0.2) is 0 Å². The molecule has 2 aromatic rings. The topological polar surface area (TPSA) is 38.0 Å². The molecule has 6 atom stereocenters. The molecule has 3 nitrogen and oxygen atoms in total. The molecule has 4 aliphatic carbocycles. The van der Waals surface area contributed by atoms with E-state index in [1.165, 1.54) is 36.8 Å². The average molecular weight is 403 g/mol. The van der Waals surface area contributed by atoms with Gasteiger partial charge in [-0.05, 0) is 85.2 Å². The molecule has 1 N–H and O–H groups in total. The number of rotatable bonds is 1. The molecule has 0 radical (unpaired) electrons. The summed E-state index contributed by atoms with van der Waals surface area (Å²) in [5.74, 6) is 2.27. The molecule has 0 spiro atoms. The summed E-state index contributed by atoms with van der Waals surface area (Å²) in [7, 11) is 2.11. The summed E-state index contributed by atoms with van der Waals surface area (Å²) in [6.07, 6.45) is 13.0. The van der Waals surface area contributed by atoms with Crippen molar-refractivity contribution in [2.24, 2.45) is 35.6 Å². The van der Waals surface area contributed by atoms with E-state index in [1.54, 1.807) is 11.1 Å². The zero-order valence-corrected chi connectivity index (χ0v) is 18.6. The molecule has 158 valence electrons. The van der Waals surface area contributed by atoms with Crippen LogP contribution in [0.3, 0.4) is 0 Å². The van der Waals surface area contributed by atoms with Crippen molar-refractivity contribution in [1.82, 2.24) is 9.78 Å². The third-order valence-electron chi connectivity index (χ3n) is 9.65. The van der Waals surface area contributed by atoms with Crippen LogP contribution in [0.2, 0.25) is 0 Å². The van der Waals surface area contributed by atoms with Gasteiger partial charge in [-0.2, -0.15) is 5.10 Å². The van der Waals surface area contributed by atoms with Gasteiger partial charge in [0.05, 0.1) is 17.3 Å². The minimum absolute atomic E-state index is 0.118. The van der Waals surface area contributed by atoms with Crippen LogP contribution in [0.4, 0.5) is 0 Å². The molecule has 0 aliphatic heterocycles. The lowest BCUT2D eigenvalue weighted by Crippen LogP contribution is -2.49. The normalized spacial score (nSPS) is 40.4. The van der Waals surface area contributed by atoms with Gasteiger partial charge < -0.3 is 5.11 Å². The van der Waals surface area contributed by atoms with Crippen molar-refractivity contribution in [3.8, 4) is 0 Å². The monoisotopic (exact) mass is 402 g/mol. The number of benzene rings is 1. The van der Waals surface area contributed by atoms with Crippen molar-refractivity contribution < 1.29 is 5.11 Å². The van der Waals surface area contributed by atoms with Crippen LogP contribution < -0.4 is 0 Å². The summed E-state index contributed by atoms with van der Waals surface area (Å²) in [6, 6.07) is 8.61. The van der Waals surface area contributed by atoms with E-state index in [0.29, 0.717) is 5.41 Å². The Balaban J connectivity index is 1.38. The summed E-state index contributed by atoms with van der Waals surface area (Å²) in [5.41, 5.74) is 6.11. The number of aromatic nitrogens is 2. The Labute approximate surface area is 179 Å². The quantitative estimate of drug-likeness (QED) is 0.604. The second-order valence-corrected chi connectivity index (χ2v) is 11.0. The maximum Gasteiger partial charge on any atom is 0.0929 e. The second kappa shape index (κ2) is 6.32. The fourth-order valence-electron chi connectivity index (χ4n) is 8.04. The highest BCUT2D eigenvalue weighted by atomic mass is 16.3. The van der Waals surface area contributed by atoms with Crippen LogP contribution in [0.5, 0.6) is 0 Å². The maximum atomic E-state index is 10.2. The van der Waals surface area contributed by atoms with Gasteiger partial charge in [0.2, 0.25) is 0 Å². The van der Waals surface area contributed by atoms with Gasteiger partial charge in [-0.15, -0.1) is 0 Å². The molecular weight excluding hydrogens is 368 g/mol. The van der Waals surface area contributed by atoms with Gasteiger partial charge in [-0.1, -0.05) is 49.8 Å². The Morgan fingerprint density at radius 2 is 1.80 bits per heavy atom. The lowest BCUT2D eigenvalue weighted by atomic mass is 9.47. The molecule has 30 heavy (non-hydrogen) atoms. The number of allylic oxidation sites excluding steroid dienone is 3. The van der Waals surface area contributed by atoms with Crippen LogP contribution in [-0.2, 0) is 7.05 Å². The van der Waals surface area contributed by atoms with E-state index in [4.69, 9.17) is 5.10 Å². The minimum atomic E-state index is -0.118.